The van der Waals surface area contributed by atoms with Crippen molar-refractivity contribution in [3.8, 4) is 0 Å². The topological polar surface area (TPSA) is 66.2 Å². The Kier molecular flexibility index (Phi) is 7.19. The first kappa shape index (κ1) is 15.7. The van der Waals surface area contributed by atoms with Crippen LogP contribution in [0.1, 0.15) is 10.4 Å². The number of anilines is 1. The molecule has 0 radical (unpaired) electrons. The Balaban J connectivity index is 0.00000169. The van der Waals surface area contributed by atoms with Crippen LogP contribution >= 0.6 is 67.8 Å². The van der Waals surface area contributed by atoms with Crippen molar-refractivity contribution in [3.63, 3.8) is 0 Å². The molecular formula is C7H3I3NNaO2. The molecule has 0 amide bonds. The average molecular weight is 537 g/mol. The molecule has 0 saturated heterocycles. The summed E-state index contributed by atoms with van der Waals surface area (Å²) in [4.78, 5) is 10.7. The SMILES string of the molecule is Nc1c(I)cc(I)c(C(=O)[O-])c1I.[Na+]. The fourth-order valence-corrected chi connectivity index (χ4v) is 4.60. The van der Waals surface area contributed by atoms with Crippen molar-refractivity contribution < 1.29 is 39.5 Å². The summed E-state index contributed by atoms with van der Waals surface area (Å²) < 4.78 is 2.06. The summed E-state index contributed by atoms with van der Waals surface area (Å²) in [7, 11) is 0. The number of nitrogens with two attached hydrogens (primary N) is 1. The molecule has 7 heteroatoms. The number of hydrogen-bond donors (Lipinski definition) is 1. The van der Waals surface area contributed by atoms with E-state index in [2.05, 4.69) is 22.6 Å². The summed E-state index contributed by atoms with van der Waals surface area (Å²) in [6, 6.07) is 1.73. The van der Waals surface area contributed by atoms with E-state index in [0.717, 1.165) is 3.57 Å². The van der Waals surface area contributed by atoms with Crippen LogP contribution in [0.5, 0.6) is 0 Å². The number of rotatable bonds is 1. The Morgan fingerprint density at radius 3 is 2.21 bits per heavy atom. The Morgan fingerprint density at radius 2 is 1.79 bits per heavy atom. The summed E-state index contributed by atoms with van der Waals surface area (Å²) in [6.45, 7) is 0. The fraction of sp³-hybridized carbons (Fsp3) is 0. The molecule has 0 atom stereocenters. The van der Waals surface area contributed by atoms with Gasteiger partial charge in [-0.1, -0.05) is 0 Å². The number of carbonyl (C=O) groups is 1. The van der Waals surface area contributed by atoms with Crippen LogP contribution in [-0.2, 0) is 0 Å². The normalized spacial score (nSPS) is 9.36. The van der Waals surface area contributed by atoms with Crippen LogP contribution in [0.3, 0.4) is 0 Å². The van der Waals surface area contributed by atoms with Gasteiger partial charge in [0.1, 0.15) is 0 Å². The standard InChI is InChI=1S/C7H4I3NO2.Na/c8-2-1-3(9)6(11)5(10)4(2)7(12)13;/h1H,11H2,(H,12,13);/q;+1/p-1. The van der Waals surface area contributed by atoms with Crippen molar-refractivity contribution in [3.05, 3.63) is 22.3 Å². The fourth-order valence-electron chi connectivity index (χ4n) is 0.793. The number of halogens is 3. The third-order valence-electron chi connectivity index (χ3n) is 1.41. The van der Waals surface area contributed by atoms with Gasteiger partial charge in [-0.2, -0.15) is 0 Å². The predicted octanol–water partition coefficient (Wildman–Crippen LogP) is -1.55. The first-order valence-corrected chi connectivity index (χ1v) is 6.33. The molecule has 0 saturated carbocycles. The minimum absolute atomic E-state index is 0. The molecule has 70 valence electrons. The zero-order valence-electron chi connectivity index (χ0n) is 7.11. The Hall–Kier alpha value is 1.68. The smallest absolute Gasteiger partial charge is 0.545 e. The van der Waals surface area contributed by atoms with E-state index in [0.29, 0.717) is 12.8 Å². The van der Waals surface area contributed by atoms with E-state index >= 15 is 0 Å². The number of nitrogen functional groups attached to an aromatic ring is 1. The molecule has 3 nitrogen and oxygen atoms in total. The molecule has 14 heavy (non-hydrogen) atoms. The van der Waals surface area contributed by atoms with Crippen molar-refractivity contribution in [1.82, 2.24) is 0 Å². The molecule has 0 aliphatic carbocycles. The van der Waals surface area contributed by atoms with Gasteiger partial charge in [-0.15, -0.1) is 0 Å². The van der Waals surface area contributed by atoms with Gasteiger partial charge in [-0.25, -0.2) is 0 Å². The third-order valence-corrected chi connectivity index (χ3v) is 4.27. The van der Waals surface area contributed by atoms with Crippen LogP contribution in [0.25, 0.3) is 0 Å². The molecule has 0 aromatic heterocycles. The van der Waals surface area contributed by atoms with Gasteiger partial charge in [0.2, 0.25) is 0 Å². The summed E-state index contributed by atoms with van der Waals surface area (Å²) in [5.74, 6) is -1.18. The number of carboxylic acid groups (broad SMARTS) is 1. The van der Waals surface area contributed by atoms with Crippen LogP contribution in [0.4, 0.5) is 5.69 Å². The van der Waals surface area contributed by atoms with Gasteiger partial charge in [-0.3, -0.25) is 0 Å². The van der Waals surface area contributed by atoms with Crippen molar-refractivity contribution in [2.45, 2.75) is 0 Å². The number of aromatic carboxylic acids is 1. The molecule has 0 fully saturated rings. The minimum atomic E-state index is -1.18. The molecule has 0 aliphatic rings. The van der Waals surface area contributed by atoms with Crippen LogP contribution < -0.4 is 40.4 Å². The summed E-state index contributed by atoms with van der Waals surface area (Å²) >= 11 is 5.94. The van der Waals surface area contributed by atoms with E-state index in [1.165, 1.54) is 0 Å². The summed E-state index contributed by atoms with van der Waals surface area (Å²) in [6.07, 6.45) is 0. The van der Waals surface area contributed by atoms with Gasteiger partial charge in [0, 0.05) is 16.3 Å². The second-order valence-corrected chi connectivity index (χ2v) is 5.63. The maximum Gasteiger partial charge on any atom is 1.00 e. The van der Waals surface area contributed by atoms with Gasteiger partial charge in [0.25, 0.3) is 0 Å². The molecule has 0 spiro atoms. The quantitative estimate of drug-likeness (QED) is 0.269. The van der Waals surface area contributed by atoms with E-state index in [1.807, 2.05) is 45.2 Å². The van der Waals surface area contributed by atoms with E-state index in [4.69, 9.17) is 5.73 Å². The zero-order valence-corrected chi connectivity index (χ0v) is 15.6. The first-order chi connectivity index (χ1) is 5.95. The number of hydrogen-bond acceptors (Lipinski definition) is 3. The van der Waals surface area contributed by atoms with Gasteiger partial charge in [0.05, 0.1) is 11.7 Å². The van der Waals surface area contributed by atoms with Crippen molar-refractivity contribution in [2.75, 3.05) is 5.73 Å². The molecule has 1 aromatic carbocycles. The third kappa shape index (κ3) is 3.34. The number of benzene rings is 1. The molecule has 0 unspecified atom stereocenters. The number of carboxylic acids is 1. The number of carbonyl (C=O) groups excluding carboxylic acids is 1. The van der Waals surface area contributed by atoms with Crippen molar-refractivity contribution >= 4 is 79.4 Å². The average Bonchev–Trinajstić information content (AvgIpc) is 1.99. The monoisotopic (exact) mass is 537 g/mol. The Morgan fingerprint density at radius 1 is 1.29 bits per heavy atom. The van der Waals surface area contributed by atoms with E-state index in [9.17, 15) is 9.90 Å². The molecule has 0 bridgehead atoms. The zero-order chi connectivity index (χ0) is 10.2. The molecule has 2 N–H and O–H groups in total. The summed E-state index contributed by atoms with van der Waals surface area (Å²) in [5, 5.41) is 10.7. The van der Waals surface area contributed by atoms with Crippen LogP contribution in [0.2, 0.25) is 0 Å². The van der Waals surface area contributed by atoms with E-state index in [-0.39, 0.29) is 35.1 Å². The van der Waals surface area contributed by atoms with Crippen molar-refractivity contribution in [2.24, 2.45) is 0 Å². The Bertz CT molecular complexity index is 384. The minimum Gasteiger partial charge on any atom is -0.545 e. The summed E-state index contributed by atoms with van der Waals surface area (Å²) in [5.41, 5.74) is 6.36. The molecule has 1 rings (SSSR count). The molecular weight excluding hydrogens is 534 g/mol. The van der Waals surface area contributed by atoms with Gasteiger partial charge in [0.15, 0.2) is 0 Å². The van der Waals surface area contributed by atoms with Crippen LogP contribution in [-0.4, -0.2) is 5.97 Å². The first-order valence-electron chi connectivity index (χ1n) is 3.09. The van der Waals surface area contributed by atoms with Crippen LogP contribution in [0, 0.1) is 10.7 Å². The maximum atomic E-state index is 10.7. The van der Waals surface area contributed by atoms with Crippen LogP contribution in [0.15, 0.2) is 6.07 Å². The largest absolute Gasteiger partial charge is 1.00 e. The molecule has 1 aromatic rings. The van der Waals surface area contributed by atoms with E-state index < -0.39 is 5.97 Å². The van der Waals surface area contributed by atoms with Gasteiger partial charge < -0.3 is 15.6 Å². The van der Waals surface area contributed by atoms with E-state index in [1.54, 1.807) is 6.07 Å². The van der Waals surface area contributed by atoms with Gasteiger partial charge in [-0.05, 0) is 73.8 Å². The predicted molar refractivity (Wildman–Crippen MR) is 73.3 cm³/mol. The molecule has 0 aliphatic heterocycles. The van der Waals surface area contributed by atoms with Gasteiger partial charge >= 0.3 is 29.6 Å². The molecule has 0 heterocycles. The second kappa shape index (κ2) is 6.42. The maximum absolute atomic E-state index is 10.7. The Labute approximate surface area is 144 Å². The van der Waals surface area contributed by atoms with Crippen molar-refractivity contribution in [1.29, 1.82) is 0 Å². The second-order valence-electron chi connectivity index (χ2n) is 2.23.